The number of hydrogen-bond acceptors (Lipinski definition) is 7. The van der Waals surface area contributed by atoms with E-state index in [1.807, 2.05) is 24.3 Å². The summed E-state index contributed by atoms with van der Waals surface area (Å²) in [5.41, 5.74) is 6.50. The van der Waals surface area contributed by atoms with Crippen LogP contribution in [0, 0.1) is 0 Å². The number of halogens is 1. The molecule has 1 aromatic carbocycles. The van der Waals surface area contributed by atoms with Crippen LogP contribution in [-0.4, -0.2) is 29.7 Å². The summed E-state index contributed by atoms with van der Waals surface area (Å²) >= 11 is 3.44. The van der Waals surface area contributed by atoms with Crippen molar-refractivity contribution in [2.45, 2.75) is 0 Å². The van der Waals surface area contributed by atoms with Gasteiger partial charge >= 0.3 is 0 Å². The number of para-hydroxylation sites is 1. The van der Waals surface area contributed by atoms with Gasteiger partial charge in [-0.05, 0) is 28.1 Å². The Hall–Kier alpha value is -2.55. The highest BCUT2D eigenvalue weighted by Gasteiger charge is 2.08. The Morgan fingerprint density at radius 3 is 2.75 bits per heavy atom. The Morgan fingerprint density at radius 1 is 1.15 bits per heavy atom. The maximum Gasteiger partial charge on any atom is 0.258 e. The molecular weight excluding hydrogens is 324 g/mol. The molecule has 2 heterocycles. The summed E-state index contributed by atoms with van der Waals surface area (Å²) in [6.45, 7) is 0. The highest BCUT2D eigenvalue weighted by molar-refractivity contribution is 9.10. The molecule has 0 saturated heterocycles. The minimum atomic E-state index is 0.0973. The van der Waals surface area contributed by atoms with Crippen LogP contribution in [0.3, 0.4) is 0 Å². The smallest absolute Gasteiger partial charge is 0.258 e. The lowest BCUT2D eigenvalue weighted by Crippen LogP contribution is -2.09. The molecule has 3 N–H and O–H groups in total. The molecule has 0 fully saturated rings. The normalized spacial score (nSPS) is 10.4. The first-order valence-corrected chi connectivity index (χ1v) is 6.40. The third-order valence-electron chi connectivity index (χ3n) is 2.38. The molecule has 0 bridgehead atoms. The third kappa shape index (κ3) is 2.57. The number of hydrogen-bond donors (Lipinski definition) is 2. The second kappa shape index (κ2) is 5.21. The Balaban J connectivity index is 1.97. The molecule has 9 heteroatoms. The van der Waals surface area contributed by atoms with Crippen molar-refractivity contribution in [1.29, 1.82) is 0 Å². The second-order valence-corrected chi connectivity index (χ2v) is 4.62. The topological polar surface area (TPSA) is 107 Å². The molecule has 0 aliphatic rings. The summed E-state index contributed by atoms with van der Waals surface area (Å²) in [7, 11) is 0. The van der Waals surface area contributed by atoms with Crippen LogP contribution in [0.1, 0.15) is 0 Å². The number of aromatic nitrogens is 6. The Labute approximate surface area is 122 Å². The van der Waals surface area contributed by atoms with Crippen molar-refractivity contribution < 1.29 is 0 Å². The number of anilines is 3. The predicted molar refractivity (Wildman–Crippen MR) is 76.6 cm³/mol. The molecular formula is C11H9BrN8. The highest BCUT2D eigenvalue weighted by atomic mass is 79.9. The summed E-state index contributed by atoms with van der Waals surface area (Å²) in [6, 6.07) is 7.61. The van der Waals surface area contributed by atoms with Crippen LogP contribution in [0.4, 0.5) is 17.6 Å². The number of rotatable bonds is 3. The number of nitrogens with two attached hydrogens (primary N) is 1. The molecule has 0 amide bonds. The molecule has 0 unspecified atom stereocenters. The van der Waals surface area contributed by atoms with Gasteiger partial charge in [0, 0.05) is 4.47 Å². The van der Waals surface area contributed by atoms with E-state index in [0.29, 0.717) is 11.9 Å². The number of nitrogens with zero attached hydrogens (tertiary/aromatic N) is 6. The standard InChI is InChI=1S/C11H9BrN8/c12-7-3-1-2-4-8(7)16-10-17-9(13)18-11(19-10)20-6-14-5-15-20/h1-6H,(H3,13,16,17,18,19). The second-order valence-electron chi connectivity index (χ2n) is 3.76. The molecule has 0 saturated carbocycles. The Bertz CT molecular complexity index is 727. The zero-order chi connectivity index (χ0) is 13.9. The molecule has 0 spiro atoms. The molecule has 0 aliphatic carbocycles. The molecule has 3 rings (SSSR count). The van der Waals surface area contributed by atoms with E-state index in [1.165, 1.54) is 17.3 Å². The van der Waals surface area contributed by atoms with Crippen molar-refractivity contribution in [3.63, 3.8) is 0 Å². The number of benzene rings is 1. The predicted octanol–water partition coefficient (Wildman–Crippen LogP) is 1.54. The summed E-state index contributed by atoms with van der Waals surface area (Å²) < 4.78 is 2.30. The molecule has 2 aromatic heterocycles. The Morgan fingerprint density at radius 2 is 2.00 bits per heavy atom. The lowest BCUT2D eigenvalue weighted by molar-refractivity contribution is 0.800. The molecule has 0 radical (unpaired) electrons. The van der Waals surface area contributed by atoms with Crippen molar-refractivity contribution in [3.8, 4) is 5.95 Å². The first-order valence-electron chi connectivity index (χ1n) is 5.60. The van der Waals surface area contributed by atoms with Crippen LogP contribution >= 0.6 is 15.9 Å². The van der Waals surface area contributed by atoms with Gasteiger partial charge in [-0.3, -0.25) is 0 Å². The lowest BCUT2D eigenvalue weighted by Gasteiger charge is -2.08. The van der Waals surface area contributed by atoms with Crippen LogP contribution in [0.2, 0.25) is 0 Å². The van der Waals surface area contributed by atoms with E-state index in [9.17, 15) is 0 Å². The third-order valence-corrected chi connectivity index (χ3v) is 3.08. The molecule has 8 nitrogen and oxygen atoms in total. The highest BCUT2D eigenvalue weighted by Crippen LogP contribution is 2.24. The van der Waals surface area contributed by atoms with Gasteiger partial charge in [0.1, 0.15) is 12.7 Å². The van der Waals surface area contributed by atoms with Crippen LogP contribution < -0.4 is 11.1 Å². The van der Waals surface area contributed by atoms with Crippen molar-refractivity contribution in [2.75, 3.05) is 11.1 Å². The SMILES string of the molecule is Nc1nc(Nc2ccccc2Br)nc(-n2cncn2)n1. The number of nitrogens with one attached hydrogen (secondary N) is 1. The first kappa shape index (κ1) is 12.5. The molecule has 3 aromatic rings. The van der Waals surface area contributed by atoms with Gasteiger partial charge in [-0.2, -0.15) is 24.7 Å². The Kier molecular flexibility index (Phi) is 3.25. The van der Waals surface area contributed by atoms with Crippen molar-refractivity contribution in [2.24, 2.45) is 0 Å². The van der Waals surface area contributed by atoms with E-state index in [-0.39, 0.29) is 5.95 Å². The van der Waals surface area contributed by atoms with Gasteiger partial charge in [0.2, 0.25) is 11.9 Å². The molecule has 0 atom stereocenters. The average Bonchev–Trinajstić information content (AvgIpc) is 2.95. The van der Waals surface area contributed by atoms with Crippen LogP contribution in [-0.2, 0) is 0 Å². The molecule has 100 valence electrons. The maximum atomic E-state index is 5.68. The van der Waals surface area contributed by atoms with E-state index in [0.717, 1.165) is 10.2 Å². The van der Waals surface area contributed by atoms with Crippen LogP contribution in [0.25, 0.3) is 5.95 Å². The maximum absolute atomic E-state index is 5.68. The molecule has 0 aliphatic heterocycles. The van der Waals surface area contributed by atoms with E-state index < -0.39 is 0 Å². The van der Waals surface area contributed by atoms with E-state index in [1.54, 1.807) is 0 Å². The van der Waals surface area contributed by atoms with Gasteiger partial charge in [0.25, 0.3) is 5.95 Å². The van der Waals surface area contributed by atoms with Gasteiger partial charge < -0.3 is 11.1 Å². The van der Waals surface area contributed by atoms with Crippen LogP contribution in [0.15, 0.2) is 41.4 Å². The first-order chi connectivity index (χ1) is 9.72. The van der Waals surface area contributed by atoms with E-state index >= 15 is 0 Å². The summed E-state index contributed by atoms with van der Waals surface area (Å²) in [5.74, 6) is 0.722. The zero-order valence-electron chi connectivity index (χ0n) is 10.1. The zero-order valence-corrected chi connectivity index (χ0v) is 11.7. The largest absolute Gasteiger partial charge is 0.368 e. The van der Waals surface area contributed by atoms with Gasteiger partial charge in [0.05, 0.1) is 5.69 Å². The quantitative estimate of drug-likeness (QED) is 0.748. The van der Waals surface area contributed by atoms with Crippen molar-refractivity contribution in [3.05, 3.63) is 41.4 Å². The van der Waals surface area contributed by atoms with Gasteiger partial charge in [0.15, 0.2) is 0 Å². The van der Waals surface area contributed by atoms with Crippen LogP contribution in [0.5, 0.6) is 0 Å². The fourth-order valence-corrected chi connectivity index (χ4v) is 1.92. The number of nitrogen functional groups attached to an aromatic ring is 1. The average molecular weight is 333 g/mol. The molecule has 20 heavy (non-hydrogen) atoms. The summed E-state index contributed by atoms with van der Waals surface area (Å²) in [5, 5.41) is 7.02. The van der Waals surface area contributed by atoms with Crippen molar-refractivity contribution in [1.82, 2.24) is 29.7 Å². The minimum absolute atomic E-state index is 0.0973. The fourth-order valence-electron chi connectivity index (χ4n) is 1.53. The fraction of sp³-hybridized carbons (Fsp3) is 0. The minimum Gasteiger partial charge on any atom is -0.368 e. The van der Waals surface area contributed by atoms with Crippen molar-refractivity contribution >= 4 is 33.5 Å². The van der Waals surface area contributed by atoms with Gasteiger partial charge in [-0.25, -0.2) is 4.98 Å². The lowest BCUT2D eigenvalue weighted by atomic mass is 10.3. The summed E-state index contributed by atoms with van der Waals surface area (Å²) in [4.78, 5) is 16.1. The monoisotopic (exact) mass is 332 g/mol. The van der Waals surface area contributed by atoms with E-state index in [2.05, 4.69) is 46.3 Å². The van der Waals surface area contributed by atoms with E-state index in [4.69, 9.17) is 5.73 Å². The van der Waals surface area contributed by atoms with Gasteiger partial charge in [-0.1, -0.05) is 12.1 Å². The van der Waals surface area contributed by atoms with Gasteiger partial charge in [-0.15, -0.1) is 0 Å². The summed E-state index contributed by atoms with van der Waals surface area (Å²) in [6.07, 6.45) is 2.87.